The summed E-state index contributed by atoms with van der Waals surface area (Å²) in [6.07, 6.45) is -6.19. The third-order valence-electron chi connectivity index (χ3n) is 6.71. The molecule has 2 aromatic rings. The monoisotopic (exact) mass is 579 g/mol. The maximum absolute atomic E-state index is 13.4. The Bertz CT molecular complexity index is 1220. The van der Waals surface area contributed by atoms with E-state index in [1.54, 1.807) is 14.9 Å². The zero-order chi connectivity index (χ0) is 29.1. The molecular formula is C23H27F6N7O4. The lowest BCUT2D eigenvalue weighted by Crippen LogP contribution is -2.47. The summed E-state index contributed by atoms with van der Waals surface area (Å²) >= 11 is 0. The fraction of sp³-hybridized carbons (Fsp3) is 0.609. The highest BCUT2D eigenvalue weighted by Crippen LogP contribution is 2.32. The first-order valence-electron chi connectivity index (χ1n) is 12.3. The van der Waals surface area contributed by atoms with Crippen molar-refractivity contribution in [1.29, 1.82) is 0 Å². The normalized spacial score (nSPS) is 19.8. The highest BCUT2D eigenvalue weighted by molar-refractivity contribution is 5.83. The molecule has 40 heavy (non-hydrogen) atoms. The van der Waals surface area contributed by atoms with E-state index >= 15 is 0 Å². The minimum atomic E-state index is -4.92. The van der Waals surface area contributed by atoms with Crippen molar-refractivity contribution in [1.82, 2.24) is 25.1 Å². The second-order valence-electron chi connectivity index (χ2n) is 9.40. The van der Waals surface area contributed by atoms with Crippen molar-refractivity contribution < 1.29 is 40.6 Å². The topological polar surface area (TPSA) is 126 Å². The number of aromatic amines is 1. The average Bonchev–Trinajstić information content (AvgIpc) is 3.26. The van der Waals surface area contributed by atoms with Crippen LogP contribution >= 0.6 is 0 Å². The number of ether oxygens (including phenoxy) is 2. The number of H-pyrrole nitrogens is 1. The molecule has 2 aliphatic heterocycles. The third-order valence-corrected chi connectivity index (χ3v) is 6.71. The van der Waals surface area contributed by atoms with Crippen LogP contribution in [-0.4, -0.2) is 89.1 Å². The van der Waals surface area contributed by atoms with Crippen molar-refractivity contribution in [2.75, 3.05) is 50.2 Å². The number of hydrogen-bond donors (Lipinski definition) is 2. The number of carbonyl (C=O) groups excluding carboxylic acids is 1. The Morgan fingerprint density at radius 1 is 1.00 bits per heavy atom. The van der Waals surface area contributed by atoms with Crippen LogP contribution in [0.3, 0.4) is 0 Å². The molecule has 11 nitrogen and oxygen atoms in total. The quantitative estimate of drug-likeness (QED) is 0.431. The summed E-state index contributed by atoms with van der Waals surface area (Å²) in [4.78, 5) is 35.6. The molecule has 220 valence electrons. The number of anilines is 2. The van der Waals surface area contributed by atoms with E-state index in [-0.39, 0.29) is 25.2 Å². The largest absolute Gasteiger partial charge is 0.434 e. The number of amides is 1. The number of likely N-dealkylation sites (tertiary alicyclic amines) is 1. The number of hydrogen-bond acceptors (Lipinski definition) is 9. The summed E-state index contributed by atoms with van der Waals surface area (Å²) in [5.41, 5.74) is -4.43. The van der Waals surface area contributed by atoms with Crippen LogP contribution in [0.15, 0.2) is 23.4 Å². The summed E-state index contributed by atoms with van der Waals surface area (Å²) in [6.45, 7) is 1.11. The Kier molecular flexibility index (Phi) is 8.82. The zero-order valence-corrected chi connectivity index (χ0v) is 21.3. The molecule has 2 atom stereocenters. The van der Waals surface area contributed by atoms with Crippen molar-refractivity contribution in [2.45, 2.75) is 49.8 Å². The molecule has 4 heterocycles. The maximum atomic E-state index is 13.4. The first-order chi connectivity index (χ1) is 18.9. The lowest BCUT2D eigenvalue weighted by Gasteiger charge is -2.37. The number of alkyl halides is 6. The predicted molar refractivity (Wildman–Crippen MR) is 127 cm³/mol. The first kappa shape index (κ1) is 29.5. The van der Waals surface area contributed by atoms with Gasteiger partial charge in [0.1, 0.15) is 17.5 Å². The summed E-state index contributed by atoms with van der Waals surface area (Å²) in [7, 11) is 1.35. The fourth-order valence-electron chi connectivity index (χ4n) is 4.80. The molecule has 2 saturated heterocycles. The van der Waals surface area contributed by atoms with E-state index in [4.69, 9.17) is 9.47 Å². The van der Waals surface area contributed by atoms with Gasteiger partial charge in [-0.15, -0.1) is 0 Å². The molecule has 4 rings (SSSR count). The molecule has 2 aliphatic rings. The van der Waals surface area contributed by atoms with Gasteiger partial charge in [-0.25, -0.2) is 15.1 Å². The van der Waals surface area contributed by atoms with Gasteiger partial charge >= 0.3 is 12.4 Å². The van der Waals surface area contributed by atoms with E-state index in [0.29, 0.717) is 50.9 Å². The molecule has 0 aliphatic carbocycles. The van der Waals surface area contributed by atoms with Crippen molar-refractivity contribution >= 4 is 17.4 Å². The molecule has 2 aromatic heterocycles. The molecule has 0 aromatic carbocycles. The average molecular weight is 580 g/mol. The Hall–Kier alpha value is -3.47. The molecule has 0 spiro atoms. The third kappa shape index (κ3) is 6.80. The van der Waals surface area contributed by atoms with E-state index in [1.807, 2.05) is 0 Å². The molecule has 2 unspecified atom stereocenters. The van der Waals surface area contributed by atoms with Crippen molar-refractivity contribution in [2.24, 2.45) is 0 Å². The van der Waals surface area contributed by atoms with Crippen molar-refractivity contribution in [3.05, 3.63) is 40.2 Å². The van der Waals surface area contributed by atoms with Crippen LogP contribution in [0.25, 0.3) is 0 Å². The number of halogens is 6. The van der Waals surface area contributed by atoms with Crippen LogP contribution in [0.2, 0.25) is 0 Å². The van der Waals surface area contributed by atoms with E-state index in [1.165, 1.54) is 7.11 Å². The molecule has 1 amide bonds. The van der Waals surface area contributed by atoms with Crippen LogP contribution < -0.4 is 15.8 Å². The van der Waals surface area contributed by atoms with Gasteiger partial charge in [-0.2, -0.15) is 31.4 Å². The molecule has 0 bridgehead atoms. The van der Waals surface area contributed by atoms with Crippen LogP contribution in [-0.2, 0) is 26.6 Å². The number of nitrogens with zero attached hydrogens (tertiary/aromatic N) is 5. The van der Waals surface area contributed by atoms with Crippen LogP contribution in [0, 0.1) is 0 Å². The van der Waals surface area contributed by atoms with Gasteiger partial charge in [0, 0.05) is 39.2 Å². The van der Waals surface area contributed by atoms with Gasteiger partial charge in [-0.05, 0) is 12.8 Å². The van der Waals surface area contributed by atoms with Gasteiger partial charge < -0.3 is 24.6 Å². The first-order valence-corrected chi connectivity index (χ1v) is 12.3. The smallest absolute Gasteiger partial charge is 0.382 e. The highest BCUT2D eigenvalue weighted by atomic mass is 19.4. The Morgan fingerprint density at radius 3 is 2.33 bits per heavy atom. The number of piperidine rings is 1. The van der Waals surface area contributed by atoms with E-state index in [2.05, 4.69) is 20.4 Å². The molecule has 2 fully saturated rings. The second kappa shape index (κ2) is 12.0. The predicted octanol–water partition coefficient (Wildman–Crippen LogP) is 2.31. The van der Waals surface area contributed by atoms with Gasteiger partial charge in [0.15, 0.2) is 5.69 Å². The van der Waals surface area contributed by atoms with Crippen molar-refractivity contribution in [3.63, 3.8) is 0 Å². The van der Waals surface area contributed by atoms with Crippen molar-refractivity contribution in [3.8, 4) is 0 Å². The number of nitrogens with one attached hydrogen (secondary N) is 2. The molecule has 17 heteroatoms. The summed E-state index contributed by atoms with van der Waals surface area (Å²) in [6, 6.07) is -0.922. The second-order valence-corrected chi connectivity index (χ2v) is 9.40. The number of aromatic nitrogens is 4. The zero-order valence-electron chi connectivity index (χ0n) is 21.3. The standard InChI is InChI=1S/C23H27F6N7O4/c1-39-11-13(33-15-8-32-34-20(37)19(15)23(27,28)29)12-40-16-4-7-36(21(16)38)14-2-5-35(6-3-14)18-10-30-17(9-31-18)22(24,25)26/h8-10,13-14,16H,2-7,11-12H2,1H3,(H2,33,34,37). The fourth-order valence-corrected chi connectivity index (χ4v) is 4.80. The Balaban J connectivity index is 1.31. The number of methoxy groups -OCH3 is 1. The molecule has 2 N–H and O–H groups in total. The number of rotatable bonds is 9. The summed E-state index contributed by atoms with van der Waals surface area (Å²) in [5.74, 6) is 0.0686. The van der Waals surface area contributed by atoms with Gasteiger partial charge in [0.2, 0.25) is 0 Å². The van der Waals surface area contributed by atoms with Crippen LogP contribution in [0.5, 0.6) is 0 Å². The minimum absolute atomic E-state index is 0.0694. The van der Waals surface area contributed by atoms with E-state index in [0.717, 1.165) is 12.4 Å². The van der Waals surface area contributed by atoms with Crippen LogP contribution in [0.1, 0.15) is 30.5 Å². The lowest BCUT2D eigenvalue weighted by molar-refractivity contribution is -0.141. The molecular weight excluding hydrogens is 552 g/mol. The van der Waals surface area contributed by atoms with Gasteiger partial charge in [-0.3, -0.25) is 9.59 Å². The lowest BCUT2D eigenvalue weighted by atomic mass is 10.0. The summed E-state index contributed by atoms with van der Waals surface area (Å²) < 4.78 is 89.2. The van der Waals surface area contributed by atoms with Gasteiger partial charge in [0.25, 0.3) is 11.5 Å². The van der Waals surface area contributed by atoms with E-state index in [9.17, 15) is 35.9 Å². The minimum Gasteiger partial charge on any atom is -0.382 e. The number of carbonyl (C=O) groups is 1. The maximum Gasteiger partial charge on any atom is 0.434 e. The van der Waals surface area contributed by atoms with Crippen LogP contribution in [0.4, 0.5) is 37.8 Å². The summed E-state index contributed by atoms with van der Waals surface area (Å²) in [5, 5.41) is 7.77. The van der Waals surface area contributed by atoms with Gasteiger partial charge in [0.05, 0.1) is 43.5 Å². The molecule has 0 saturated carbocycles. The highest BCUT2D eigenvalue weighted by Gasteiger charge is 2.40. The molecule has 0 radical (unpaired) electrons. The Morgan fingerprint density at radius 2 is 1.73 bits per heavy atom. The SMILES string of the molecule is COCC(COC1CCN(C2CCN(c3cnc(C(F)(F)F)cn3)CC2)C1=O)Nc1cn[nH]c(=O)c1C(F)(F)F. The van der Waals surface area contributed by atoms with E-state index < -0.39 is 47.0 Å². The Labute approximate surface area is 223 Å². The van der Waals surface area contributed by atoms with Gasteiger partial charge in [-0.1, -0.05) is 0 Å².